The molecule has 0 bridgehead atoms. The molecule has 102 valence electrons. The maximum atomic E-state index is 2.20. The largest absolute Gasteiger partial charge is 0.0877 e. The molecule has 0 unspecified atom stereocenters. The Morgan fingerprint density at radius 2 is 1.56 bits per heavy atom. The molecule has 0 aliphatic carbocycles. The number of benzene rings is 1. The second kappa shape index (κ2) is 13.8. The first-order chi connectivity index (χ1) is 8.57. The summed E-state index contributed by atoms with van der Waals surface area (Å²) in [4.78, 5) is 0. The third-order valence-electron chi connectivity index (χ3n) is 2.40. The zero-order valence-corrected chi connectivity index (χ0v) is 13.2. The molecule has 0 aliphatic rings. The van der Waals surface area contributed by atoms with Gasteiger partial charge in [0.1, 0.15) is 0 Å². The van der Waals surface area contributed by atoms with Gasteiger partial charge in [0.2, 0.25) is 0 Å². The molecule has 0 amide bonds. The fraction of sp³-hybridized carbons (Fsp3) is 0.444. The van der Waals surface area contributed by atoms with Gasteiger partial charge in [-0.1, -0.05) is 87.4 Å². The Balaban J connectivity index is 0. The monoisotopic (exact) mass is 246 g/mol. The summed E-state index contributed by atoms with van der Waals surface area (Å²) < 4.78 is 0. The lowest BCUT2D eigenvalue weighted by atomic mass is 10.1. The van der Waals surface area contributed by atoms with Crippen LogP contribution in [0.2, 0.25) is 0 Å². The number of aryl methyl sites for hydroxylation is 1. The maximum Gasteiger partial charge on any atom is -0.0260 e. The van der Waals surface area contributed by atoms with Gasteiger partial charge >= 0.3 is 0 Å². The van der Waals surface area contributed by atoms with Crippen LogP contribution < -0.4 is 0 Å². The maximum absolute atomic E-state index is 2.20. The number of hydrogen-bond donors (Lipinski definition) is 0. The second-order valence-electron chi connectivity index (χ2n) is 4.25. The lowest BCUT2D eigenvalue weighted by Gasteiger charge is -2.01. The van der Waals surface area contributed by atoms with Gasteiger partial charge in [0.05, 0.1) is 0 Å². The quantitative estimate of drug-likeness (QED) is 0.546. The molecule has 0 N–H and O–H groups in total. The minimum Gasteiger partial charge on any atom is -0.0877 e. The molecule has 1 rings (SSSR count). The summed E-state index contributed by atoms with van der Waals surface area (Å²) >= 11 is 0. The predicted octanol–water partition coefficient (Wildman–Crippen LogP) is 6.19. The van der Waals surface area contributed by atoms with Crippen LogP contribution in [-0.4, -0.2) is 0 Å². The third kappa shape index (κ3) is 12.8. The Labute approximate surface area is 114 Å². The molecule has 0 nitrogen and oxygen atoms in total. The molecule has 0 heterocycles. The smallest absolute Gasteiger partial charge is 0.0260 e. The Kier molecular flexibility index (Phi) is 14.6. The Morgan fingerprint density at radius 1 is 1.06 bits per heavy atom. The highest BCUT2D eigenvalue weighted by Gasteiger charge is 1.91. The summed E-state index contributed by atoms with van der Waals surface area (Å²) in [5.41, 5.74) is 2.76. The minimum absolute atomic E-state index is 0.682. The molecule has 0 aliphatic heterocycles. The Morgan fingerprint density at radius 3 is 1.83 bits per heavy atom. The first-order valence-corrected chi connectivity index (χ1v) is 6.89. The van der Waals surface area contributed by atoms with Gasteiger partial charge in [-0.3, -0.25) is 0 Å². The SMILES string of the molecule is C/C=C\C=C(/C)C(C)C.CC.Cc1ccccc1. The highest BCUT2D eigenvalue weighted by molar-refractivity contribution is 5.12. The summed E-state index contributed by atoms with van der Waals surface area (Å²) in [5.74, 6) is 0.682. The van der Waals surface area contributed by atoms with Crippen LogP contribution in [0, 0.1) is 12.8 Å². The highest BCUT2D eigenvalue weighted by Crippen LogP contribution is 2.06. The van der Waals surface area contributed by atoms with Crippen molar-refractivity contribution < 1.29 is 0 Å². The second-order valence-corrected chi connectivity index (χ2v) is 4.25. The summed E-state index contributed by atoms with van der Waals surface area (Å²) in [6.07, 6.45) is 6.28. The molecule has 0 saturated heterocycles. The van der Waals surface area contributed by atoms with Crippen molar-refractivity contribution in [1.82, 2.24) is 0 Å². The molecule has 0 saturated carbocycles. The van der Waals surface area contributed by atoms with E-state index in [1.807, 2.05) is 45.0 Å². The molecule has 0 heteroatoms. The lowest BCUT2D eigenvalue weighted by molar-refractivity contribution is 0.769. The van der Waals surface area contributed by atoms with Gasteiger partial charge in [-0.2, -0.15) is 0 Å². The molecule has 0 spiro atoms. The van der Waals surface area contributed by atoms with Crippen LogP contribution in [0.4, 0.5) is 0 Å². The van der Waals surface area contributed by atoms with Crippen molar-refractivity contribution in [2.24, 2.45) is 5.92 Å². The fourth-order valence-corrected chi connectivity index (χ4v) is 0.975. The van der Waals surface area contributed by atoms with Crippen LogP contribution in [0.3, 0.4) is 0 Å². The standard InChI is InChI=1S/C9H16.C7H8.C2H6/c1-5-6-7-9(4)8(2)3;1-7-5-3-2-4-6-7;1-2/h5-8H,1-4H3;2-6H,1H3;1-2H3/b6-5-,9-7+;;. The van der Waals surface area contributed by atoms with Gasteiger partial charge in [-0.15, -0.1) is 0 Å². The van der Waals surface area contributed by atoms with Crippen LogP contribution >= 0.6 is 0 Å². The van der Waals surface area contributed by atoms with E-state index in [0.717, 1.165) is 0 Å². The lowest BCUT2D eigenvalue weighted by Crippen LogP contribution is -1.86. The Bertz CT molecular complexity index is 315. The molecule has 18 heavy (non-hydrogen) atoms. The first-order valence-electron chi connectivity index (χ1n) is 6.89. The zero-order valence-electron chi connectivity index (χ0n) is 13.2. The normalized spacial score (nSPS) is 10.6. The molecule has 1 aromatic carbocycles. The van der Waals surface area contributed by atoms with E-state index in [4.69, 9.17) is 0 Å². The van der Waals surface area contributed by atoms with Crippen LogP contribution in [0.15, 0.2) is 54.1 Å². The number of rotatable bonds is 2. The fourth-order valence-electron chi connectivity index (χ4n) is 0.975. The average Bonchev–Trinajstić information content (AvgIpc) is 2.39. The molecule has 0 aromatic heterocycles. The van der Waals surface area contributed by atoms with Gasteiger partial charge in [0, 0.05) is 0 Å². The van der Waals surface area contributed by atoms with Crippen molar-refractivity contribution in [3.63, 3.8) is 0 Å². The van der Waals surface area contributed by atoms with Crippen molar-refractivity contribution in [3.05, 3.63) is 59.7 Å². The van der Waals surface area contributed by atoms with E-state index in [0.29, 0.717) is 5.92 Å². The van der Waals surface area contributed by atoms with Crippen molar-refractivity contribution in [2.75, 3.05) is 0 Å². The van der Waals surface area contributed by atoms with E-state index in [2.05, 4.69) is 52.0 Å². The minimum atomic E-state index is 0.682. The molecule has 0 atom stereocenters. The summed E-state index contributed by atoms with van der Waals surface area (Å²) in [6, 6.07) is 10.3. The van der Waals surface area contributed by atoms with E-state index in [1.165, 1.54) is 11.1 Å². The van der Waals surface area contributed by atoms with Crippen LogP contribution in [0.5, 0.6) is 0 Å². The molecule has 1 aromatic rings. The van der Waals surface area contributed by atoms with E-state index in [9.17, 15) is 0 Å². The molecular weight excluding hydrogens is 216 g/mol. The van der Waals surface area contributed by atoms with E-state index in [1.54, 1.807) is 0 Å². The summed E-state index contributed by atoms with van der Waals surface area (Å²) in [7, 11) is 0. The third-order valence-corrected chi connectivity index (χ3v) is 2.40. The van der Waals surface area contributed by atoms with Crippen LogP contribution in [0.1, 0.15) is 47.1 Å². The van der Waals surface area contributed by atoms with Crippen molar-refractivity contribution in [2.45, 2.75) is 48.5 Å². The molecule has 0 fully saturated rings. The van der Waals surface area contributed by atoms with Crippen molar-refractivity contribution in [3.8, 4) is 0 Å². The van der Waals surface area contributed by atoms with E-state index in [-0.39, 0.29) is 0 Å². The van der Waals surface area contributed by atoms with Gasteiger partial charge in [0.15, 0.2) is 0 Å². The van der Waals surface area contributed by atoms with Gasteiger partial charge in [-0.25, -0.2) is 0 Å². The molecular formula is C18H30. The van der Waals surface area contributed by atoms with Gasteiger partial charge in [-0.05, 0) is 26.7 Å². The zero-order chi connectivity index (χ0) is 14.4. The Hall–Kier alpha value is -1.30. The molecule has 0 radical (unpaired) electrons. The van der Waals surface area contributed by atoms with Crippen molar-refractivity contribution >= 4 is 0 Å². The van der Waals surface area contributed by atoms with Crippen LogP contribution in [0.25, 0.3) is 0 Å². The summed E-state index contributed by atoms with van der Waals surface area (Å²) in [6.45, 7) is 14.7. The number of hydrogen-bond acceptors (Lipinski definition) is 0. The van der Waals surface area contributed by atoms with Gasteiger partial charge in [0.25, 0.3) is 0 Å². The predicted molar refractivity (Wildman–Crippen MR) is 85.9 cm³/mol. The summed E-state index contributed by atoms with van der Waals surface area (Å²) in [5, 5.41) is 0. The van der Waals surface area contributed by atoms with Gasteiger partial charge < -0.3 is 0 Å². The first kappa shape index (κ1) is 19.0. The average molecular weight is 246 g/mol. The van der Waals surface area contributed by atoms with Crippen LogP contribution in [-0.2, 0) is 0 Å². The highest BCUT2D eigenvalue weighted by atomic mass is 14.0. The number of allylic oxidation sites excluding steroid dienone is 4. The van der Waals surface area contributed by atoms with E-state index >= 15 is 0 Å². The van der Waals surface area contributed by atoms with E-state index < -0.39 is 0 Å². The van der Waals surface area contributed by atoms with Crippen molar-refractivity contribution in [1.29, 1.82) is 0 Å². The topological polar surface area (TPSA) is 0 Å².